The zero-order valence-electron chi connectivity index (χ0n) is 58.4. The molecule has 0 saturated heterocycles. The van der Waals surface area contributed by atoms with Gasteiger partial charge in [-0.25, -0.2) is 0 Å². The van der Waals surface area contributed by atoms with E-state index < -0.39 is 22.5 Å². The summed E-state index contributed by atoms with van der Waals surface area (Å²) in [5, 5.41) is 25.7. The van der Waals surface area contributed by atoms with Gasteiger partial charge in [0.1, 0.15) is 0 Å². The van der Waals surface area contributed by atoms with Crippen molar-refractivity contribution in [1.82, 2.24) is 30.5 Å². The predicted molar refractivity (Wildman–Crippen MR) is 387 cm³/mol. The summed E-state index contributed by atoms with van der Waals surface area (Å²) in [6, 6.07) is 0. The summed E-state index contributed by atoms with van der Waals surface area (Å²) in [6.45, 7) is 19.8. The smallest absolute Gasteiger partial charge is 0.215 e. The van der Waals surface area contributed by atoms with E-state index in [1.807, 2.05) is 0 Å². The van der Waals surface area contributed by atoms with Gasteiger partial charge in [0.2, 0.25) is 22.5 Å². The van der Waals surface area contributed by atoms with Crippen LogP contribution >= 0.6 is 22.5 Å². The Hall–Kier alpha value is 0.450. The molecular formula is C72H156N9P3. The molecule has 0 unspecified atom stereocenters. The van der Waals surface area contributed by atoms with Crippen LogP contribution in [0.15, 0.2) is 13.5 Å². The highest BCUT2D eigenvalue weighted by Gasteiger charge is 2.37. The molecule has 1 aliphatic rings. The van der Waals surface area contributed by atoms with Gasteiger partial charge in [0, 0.05) is 39.3 Å². The average molecular weight is 1240 g/mol. The first-order valence-corrected chi connectivity index (χ1v) is 44.0. The zero-order chi connectivity index (χ0) is 60.5. The van der Waals surface area contributed by atoms with Gasteiger partial charge in [-0.2, -0.15) is 13.5 Å². The molecule has 0 fully saturated rings. The van der Waals surface area contributed by atoms with E-state index in [2.05, 4.69) is 72.1 Å². The van der Waals surface area contributed by atoms with E-state index in [1.54, 1.807) is 0 Å². The monoisotopic (exact) mass is 1240 g/mol. The van der Waals surface area contributed by atoms with Gasteiger partial charge in [0.25, 0.3) is 0 Å². The quantitative estimate of drug-likeness (QED) is 0.0268. The molecule has 84 heavy (non-hydrogen) atoms. The molecule has 0 amide bonds. The van der Waals surface area contributed by atoms with Gasteiger partial charge in [-0.05, 0) is 38.5 Å². The second-order valence-corrected chi connectivity index (χ2v) is 34.3. The number of unbranched alkanes of at least 4 members (excludes halogenated alkanes) is 54. The van der Waals surface area contributed by atoms with Gasteiger partial charge in [0.05, 0.1) is 0 Å². The third-order valence-electron chi connectivity index (χ3n) is 18.0. The number of nitrogens with one attached hydrogen (secondary N) is 6. The third-order valence-corrected chi connectivity index (χ3v) is 28.2. The van der Waals surface area contributed by atoms with Crippen LogP contribution in [0.25, 0.3) is 0 Å². The third kappa shape index (κ3) is 52.1. The molecule has 1 rings (SSSR count). The second kappa shape index (κ2) is 65.0. The van der Waals surface area contributed by atoms with Gasteiger partial charge in [-0.3, -0.25) is 30.5 Å². The first-order chi connectivity index (χ1) is 41.5. The van der Waals surface area contributed by atoms with Crippen molar-refractivity contribution in [2.75, 3.05) is 39.3 Å². The van der Waals surface area contributed by atoms with E-state index in [-0.39, 0.29) is 0 Å². The minimum atomic E-state index is -2.61. The summed E-state index contributed by atoms with van der Waals surface area (Å²) in [7, 11) is -7.84. The molecule has 0 radical (unpaired) electrons. The molecule has 0 saturated carbocycles. The van der Waals surface area contributed by atoms with Crippen molar-refractivity contribution in [2.24, 2.45) is 13.5 Å². The molecular weight excluding hydrogens is 1080 g/mol. The molecule has 0 aromatic carbocycles. The molecule has 0 aromatic rings. The van der Waals surface area contributed by atoms with Crippen LogP contribution in [0.2, 0.25) is 0 Å². The van der Waals surface area contributed by atoms with Crippen LogP contribution in [0.3, 0.4) is 0 Å². The summed E-state index contributed by atoms with van der Waals surface area (Å²) in [5.74, 6) is 0. The number of hydrogen-bond donors (Lipinski definition) is 6. The Balaban J connectivity index is 3.70. The maximum Gasteiger partial charge on any atom is 0.215 e. The average Bonchev–Trinajstić information content (AvgIpc) is 1.55. The largest absolute Gasteiger partial charge is 0.253 e. The number of nitrogens with zero attached hydrogens (tertiary/aromatic N) is 3. The summed E-state index contributed by atoms with van der Waals surface area (Å²) in [4.78, 5) is 0. The van der Waals surface area contributed by atoms with Gasteiger partial charge in [-0.15, -0.1) is 0 Å². The molecule has 0 spiro atoms. The summed E-state index contributed by atoms with van der Waals surface area (Å²) in [6.07, 6.45) is 81.3. The van der Waals surface area contributed by atoms with Crippen LogP contribution in [0.4, 0.5) is 0 Å². The molecule has 1 heterocycles. The molecule has 1 aliphatic heterocycles. The maximum absolute atomic E-state index is 6.17. The van der Waals surface area contributed by atoms with E-state index in [1.165, 1.54) is 385 Å². The van der Waals surface area contributed by atoms with Crippen LogP contribution in [0.5, 0.6) is 0 Å². The highest BCUT2D eigenvalue weighted by atomic mass is 31.3. The Morgan fingerprint density at radius 3 is 0.345 bits per heavy atom. The molecule has 9 nitrogen and oxygen atoms in total. The van der Waals surface area contributed by atoms with Gasteiger partial charge >= 0.3 is 0 Å². The van der Waals surface area contributed by atoms with Gasteiger partial charge < -0.3 is 0 Å². The van der Waals surface area contributed by atoms with Crippen molar-refractivity contribution in [3.8, 4) is 0 Å². The topological polar surface area (TPSA) is 109 Å². The second-order valence-electron chi connectivity index (χ2n) is 26.6. The van der Waals surface area contributed by atoms with Crippen LogP contribution in [0, 0.1) is 0 Å². The van der Waals surface area contributed by atoms with Crippen molar-refractivity contribution < 1.29 is 0 Å². The SMILES string of the molecule is CCCCCCCCCCCCNP1(NCCCCCCCCCCCC)=NP(NCCCCCCCCCCCC)(NCCCCCCCCCCCC)=NP(NCCCCCCCCCCCC)(NCCCCCCCCCCCC)=N1. The lowest BCUT2D eigenvalue weighted by Crippen LogP contribution is -2.32. The molecule has 504 valence electrons. The lowest BCUT2D eigenvalue weighted by molar-refractivity contribution is 0.552. The van der Waals surface area contributed by atoms with Crippen molar-refractivity contribution in [2.45, 2.75) is 427 Å². The van der Waals surface area contributed by atoms with Crippen molar-refractivity contribution >= 4 is 22.5 Å². The molecule has 0 aliphatic carbocycles. The normalized spacial score (nSPS) is 14.5. The lowest BCUT2D eigenvalue weighted by atomic mass is 10.1. The molecule has 0 atom stereocenters. The van der Waals surface area contributed by atoms with E-state index in [0.29, 0.717) is 0 Å². The standard InChI is InChI=1S/C72H156N9P3/c1-7-13-19-25-31-37-43-49-55-61-67-73-82(74-68-62-56-50-44-38-32-26-20-14-8-2)79-83(75-69-63-57-51-45-39-33-27-21-15-9-3,76-70-64-58-52-46-40-34-28-22-16-10-4)81-84(80-82,77-71-65-59-53-47-41-35-29-23-17-11-5)78-72-66-60-54-48-42-36-30-24-18-12-6/h73-78H,7-72H2,1-6H3. The minimum absolute atomic E-state index is 0.968. The highest BCUT2D eigenvalue weighted by Crippen LogP contribution is 2.70. The molecule has 0 bridgehead atoms. The fourth-order valence-electron chi connectivity index (χ4n) is 12.2. The molecule has 0 aromatic heterocycles. The van der Waals surface area contributed by atoms with E-state index in [9.17, 15) is 0 Å². The van der Waals surface area contributed by atoms with Gasteiger partial charge in [-0.1, -0.05) is 388 Å². The number of rotatable bonds is 72. The van der Waals surface area contributed by atoms with E-state index in [4.69, 9.17) is 13.5 Å². The molecule has 6 N–H and O–H groups in total. The van der Waals surface area contributed by atoms with Crippen LogP contribution in [-0.4, -0.2) is 39.3 Å². The van der Waals surface area contributed by atoms with E-state index >= 15 is 0 Å². The summed E-state index contributed by atoms with van der Waals surface area (Å²) in [5.41, 5.74) is 0. The van der Waals surface area contributed by atoms with E-state index in [0.717, 1.165) is 39.3 Å². The van der Waals surface area contributed by atoms with Crippen LogP contribution < -0.4 is 30.5 Å². The van der Waals surface area contributed by atoms with Crippen LogP contribution in [-0.2, 0) is 0 Å². The summed E-state index contributed by atoms with van der Waals surface area (Å²) >= 11 is 0. The van der Waals surface area contributed by atoms with Crippen molar-refractivity contribution in [3.63, 3.8) is 0 Å². The first kappa shape index (κ1) is 82.5. The van der Waals surface area contributed by atoms with Crippen LogP contribution in [0.1, 0.15) is 427 Å². The highest BCUT2D eigenvalue weighted by molar-refractivity contribution is 7.83. The lowest BCUT2D eigenvalue weighted by Gasteiger charge is -2.38. The predicted octanol–water partition coefficient (Wildman–Crippen LogP) is 26.9. The Kier molecular flexibility index (Phi) is 63.8. The first-order valence-electron chi connectivity index (χ1n) is 38.9. The fraction of sp³-hybridized carbons (Fsp3) is 1.00. The molecule has 12 heteroatoms. The zero-order valence-corrected chi connectivity index (χ0v) is 61.0. The van der Waals surface area contributed by atoms with Crippen molar-refractivity contribution in [3.05, 3.63) is 0 Å². The minimum Gasteiger partial charge on any atom is -0.253 e. The Morgan fingerprint density at radius 2 is 0.238 bits per heavy atom. The van der Waals surface area contributed by atoms with Gasteiger partial charge in [0.15, 0.2) is 0 Å². The Morgan fingerprint density at radius 1 is 0.143 bits per heavy atom. The number of hydrogen-bond acceptors (Lipinski definition) is 9. The Labute approximate surface area is 529 Å². The van der Waals surface area contributed by atoms with Crippen molar-refractivity contribution in [1.29, 1.82) is 0 Å². The summed E-state index contributed by atoms with van der Waals surface area (Å²) < 4.78 is 18.5. The maximum atomic E-state index is 6.17. The Bertz CT molecular complexity index is 1220. The fourth-order valence-corrected chi connectivity index (χ4v) is 24.3.